The summed E-state index contributed by atoms with van der Waals surface area (Å²) in [5.41, 5.74) is 7.86. The third kappa shape index (κ3) is 8.45. The molecule has 0 bridgehead atoms. The molecule has 36 heavy (non-hydrogen) atoms. The van der Waals surface area contributed by atoms with E-state index in [1.54, 1.807) is 31.4 Å². The number of rotatable bonds is 4. The van der Waals surface area contributed by atoms with Crippen LogP contribution in [-0.4, -0.2) is 31.4 Å². The van der Waals surface area contributed by atoms with Crippen molar-refractivity contribution in [2.75, 3.05) is 14.2 Å². The highest BCUT2D eigenvalue weighted by atomic mass is 35.5. The van der Waals surface area contributed by atoms with E-state index in [9.17, 15) is 0 Å². The summed E-state index contributed by atoms with van der Waals surface area (Å²) in [4.78, 5) is 0. The molecule has 0 aromatic heterocycles. The van der Waals surface area contributed by atoms with Crippen molar-refractivity contribution in [3.05, 3.63) is 112 Å². The van der Waals surface area contributed by atoms with Gasteiger partial charge in [0.1, 0.15) is 11.5 Å². The minimum absolute atomic E-state index is 0.435. The highest BCUT2D eigenvalue weighted by molar-refractivity contribution is 6.58. The first-order valence-corrected chi connectivity index (χ1v) is 12.0. The number of ether oxygens (including phenoxy) is 2. The van der Waals surface area contributed by atoms with Crippen LogP contribution in [0.25, 0.3) is 11.1 Å². The van der Waals surface area contributed by atoms with E-state index in [4.69, 9.17) is 31.1 Å². The summed E-state index contributed by atoms with van der Waals surface area (Å²) in [6, 6.07) is 27.2. The van der Waals surface area contributed by atoms with E-state index in [1.807, 2.05) is 44.2 Å². The molecule has 188 valence electrons. The van der Waals surface area contributed by atoms with Gasteiger partial charge in [0.15, 0.2) is 0 Å². The first kappa shape index (κ1) is 29.0. The maximum atomic E-state index is 8.74. The van der Waals surface area contributed by atoms with Crippen LogP contribution in [0.5, 0.6) is 11.5 Å². The molecule has 4 nitrogen and oxygen atoms in total. The standard InChI is InChI=1S/C15H16O.C8H9Cl.C7H9BO3/c1-11-6-4-7-12(2)15(11)13-8-5-9-14(10-13)16-3;1-6-4-3-5-7(2)8(6)9;1-11-7-4-2-3-6(5-7)8(9)10/h4-10H,1-3H3;3-5H,1-2H3;2-5,9-10H,1H3. The van der Waals surface area contributed by atoms with Crippen molar-refractivity contribution >= 4 is 24.2 Å². The maximum Gasteiger partial charge on any atom is 0.488 e. The number of methoxy groups -OCH3 is 2. The Morgan fingerprint density at radius 3 is 1.53 bits per heavy atom. The molecule has 0 amide bonds. The van der Waals surface area contributed by atoms with Crippen LogP contribution in [0.2, 0.25) is 5.02 Å². The molecule has 4 rings (SSSR count). The second-order valence-corrected chi connectivity index (χ2v) is 8.73. The van der Waals surface area contributed by atoms with Gasteiger partial charge in [-0.2, -0.15) is 0 Å². The molecular weight excluding hydrogens is 471 g/mol. The van der Waals surface area contributed by atoms with Gasteiger partial charge in [-0.1, -0.05) is 72.3 Å². The van der Waals surface area contributed by atoms with E-state index in [0.29, 0.717) is 11.2 Å². The van der Waals surface area contributed by atoms with Crippen LogP contribution < -0.4 is 14.9 Å². The molecule has 0 aliphatic rings. The Bertz CT molecular complexity index is 1220. The quantitative estimate of drug-likeness (QED) is 0.320. The zero-order chi connectivity index (χ0) is 26.7. The van der Waals surface area contributed by atoms with Crippen molar-refractivity contribution in [2.24, 2.45) is 0 Å². The normalized spacial score (nSPS) is 9.81. The molecule has 0 saturated carbocycles. The van der Waals surface area contributed by atoms with Crippen LogP contribution in [0.1, 0.15) is 22.3 Å². The summed E-state index contributed by atoms with van der Waals surface area (Å²) in [7, 11) is 1.80. The molecular formula is C30H34BClO4. The summed E-state index contributed by atoms with van der Waals surface area (Å²) in [6.45, 7) is 8.30. The summed E-state index contributed by atoms with van der Waals surface area (Å²) < 4.78 is 10.1. The lowest BCUT2D eigenvalue weighted by molar-refractivity contribution is 0.412. The smallest absolute Gasteiger partial charge is 0.488 e. The van der Waals surface area contributed by atoms with Gasteiger partial charge >= 0.3 is 7.12 Å². The van der Waals surface area contributed by atoms with Crippen LogP contribution >= 0.6 is 11.6 Å². The van der Waals surface area contributed by atoms with Crippen LogP contribution in [0.3, 0.4) is 0 Å². The third-order valence-corrected chi connectivity index (χ3v) is 6.21. The van der Waals surface area contributed by atoms with Crippen LogP contribution in [-0.2, 0) is 0 Å². The first-order chi connectivity index (χ1) is 17.2. The zero-order valence-electron chi connectivity index (χ0n) is 21.7. The monoisotopic (exact) mass is 504 g/mol. The first-order valence-electron chi connectivity index (χ1n) is 11.6. The highest BCUT2D eigenvalue weighted by Crippen LogP contribution is 2.29. The topological polar surface area (TPSA) is 58.9 Å². The van der Waals surface area contributed by atoms with Gasteiger partial charge in [0.05, 0.1) is 14.2 Å². The third-order valence-electron chi connectivity index (χ3n) is 5.62. The number of aryl methyl sites for hydroxylation is 4. The molecule has 0 spiro atoms. The fourth-order valence-corrected chi connectivity index (χ4v) is 3.77. The molecule has 2 N–H and O–H groups in total. The van der Waals surface area contributed by atoms with Crippen molar-refractivity contribution in [3.8, 4) is 22.6 Å². The van der Waals surface area contributed by atoms with E-state index >= 15 is 0 Å². The van der Waals surface area contributed by atoms with Gasteiger partial charge < -0.3 is 19.5 Å². The SMILES string of the molecule is COc1cccc(-c2c(C)cccc2C)c1.COc1cccc(B(O)O)c1.Cc1cccc(C)c1Cl. The fraction of sp³-hybridized carbons (Fsp3) is 0.200. The van der Waals surface area contributed by atoms with Crippen LogP contribution in [0, 0.1) is 27.7 Å². The van der Waals surface area contributed by atoms with Gasteiger partial charge in [-0.15, -0.1) is 0 Å². The fourth-order valence-electron chi connectivity index (χ4n) is 3.64. The van der Waals surface area contributed by atoms with Crippen molar-refractivity contribution in [3.63, 3.8) is 0 Å². The number of halogens is 1. The van der Waals surface area contributed by atoms with E-state index in [1.165, 1.54) is 29.4 Å². The summed E-state index contributed by atoms with van der Waals surface area (Å²) in [5.74, 6) is 1.52. The molecule has 0 atom stereocenters. The second kappa shape index (κ2) is 14.3. The molecule has 6 heteroatoms. The average Bonchev–Trinajstić information content (AvgIpc) is 2.88. The van der Waals surface area contributed by atoms with Crippen molar-refractivity contribution < 1.29 is 19.5 Å². The lowest BCUT2D eigenvalue weighted by Crippen LogP contribution is -2.29. The Hall–Kier alpha value is -3.25. The number of hydrogen-bond acceptors (Lipinski definition) is 4. The maximum absolute atomic E-state index is 8.74. The molecule has 0 aliphatic carbocycles. The Kier molecular flexibility index (Phi) is 11.6. The van der Waals surface area contributed by atoms with Gasteiger partial charge in [0.2, 0.25) is 0 Å². The van der Waals surface area contributed by atoms with E-state index in [2.05, 4.69) is 44.2 Å². The summed E-state index contributed by atoms with van der Waals surface area (Å²) >= 11 is 5.88. The lowest BCUT2D eigenvalue weighted by Gasteiger charge is -2.10. The Labute approximate surface area is 220 Å². The Balaban J connectivity index is 0.000000200. The predicted molar refractivity (Wildman–Crippen MR) is 152 cm³/mol. The number of benzene rings is 4. The van der Waals surface area contributed by atoms with Crippen LogP contribution in [0.15, 0.2) is 84.9 Å². The van der Waals surface area contributed by atoms with Crippen molar-refractivity contribution in [2.45, 2.75) is 27.7 Å². The predicted octanol–water partition coefficient (Wildman–Crippen LogP) is 6.31. The van der Waals surface area contributed by atoms with Crippen molar-refractivity contribution in [1.29, 1.82) is 0 Å². The minimum atomic E-state index is -1.43. The Morgan fingerprint density at radius 2 is 1.06 bits per heavy atom. The molecule has 0 radical (unpaired) electrons. The molecule has 0 heterocycles. The van der Waals surface area contributed by atoms with Crippen LogP contribution in [0.4, 0.5) is 0 Å². The van der Waals surface area contributed by atoms with Gasteiger partial charge in [0, 0.05) is 5.02 Å². The van der Waals surface area contributed by atoms with Gasteiger partial charge in [0.25, 0.3) is 0 Å². The average molecular weight is 505 g/mol. The molecule has 4 aromatic rings. The molecule has 4 aromatic carbocycles. The van der Waals surface area contributed by atoms with Gasteiger partial charge in [-0.25, -0.2) is 0 Å². The molecule has 0 aliphatic heterocycles. The second-order valence-electron chi connectivity index (χ2n) is 8.35. The van der Waals surface area contributed by atoms with Crippen molar-refractivity contribution in [1.82, 2.24) is 0 Å². The number of hydrogen-bond donors (Lipinski definition) is 2. The van der Waals surface area contributed by atoms with Gasteiger partial charge in [-0.3, -0.25) is 0 Å². The van der Waals surface area contributed by atoms with Gasteiger partial charge in [-0.05, 0) is 90.8 Å². The van der Waals surface area contributed by atoms with E-state index < -0.39 is 7.12 Å². The molecule has 0 fully saturated rings. The highest BCUT2D eigenvalue weighted by Gasteiger charge is 2.10. The lowest BCUT2D eigenvalue weighted by atomic mass is 9.80. The summed E-state index contributed by atoms with van der Waals surface area (Å²) in [6.07, 6.45) is 0. The minimum Gasteiger partial charge on any atom is -0.497 e. The molecule has 0 unspecified atom stereocenters. The largest absolute Gasteiger partial charge is 0.497 e. The van der Waals surface area contributed by atoms with E-state index in [0.717, 1.165) is 21.9 Å². The zero-order valence-corrected chi connectivity index (χ0v) is 22.5. The summed E-state index contributed by atoms with van der Waals surface area (Å²) in [5, 5.41) is 18.4. The van der Waals surface area contributed by atoms with E-state index in [-0.39, 0.29) is 0 Å². The molecule has 0 saturated heterocycles. The Morgan fingerprint density at radius 1 is 0.611 bits per heavy atom.